The second kappa shape index (κ2) is 20.2. The highest BCUT2D eigenvalue weighted by Gasteiger charge is 2.33. The Morgan fingerprint density at radius 1 is 0.468 bits per heavy atom. The third kappa shape index (κ3) is 17.2. The third-order valence-electron chi connectivity index (χ3n) is 5.45. The minimum absolute atomic E-state index is 0.744. The van der Waals surface area contributed by atoms with Gasteiger partial charge in [-0.3, -0.25) is 47.9 Å². The highest BCUT2D eigenvalue weighted by Crippen LogP contribution is 2.01. The van der Waals surface area contributed by atoms with Crippen LogP contribution in [0.1, 0.15) is 25.7 Å². The van der Waals surface area contributed by atoms with Gasteiger partial charge in [-0.15, -0.1) is 0 Å². The van der Waals surface area contributed by atoms with E-state index in [1.165, 1.54) is 0 Å². The van der Waals surface area contributed by atoms with Crippen molar-refractivity contribution in [1.29, 1.82) is 0 Å². The number of carbonyl (C=O) groups is 11. The first kappa shape index (κ1) is 41.1. The largest absolute Gasteiger partial charge is 0.481 e. The number of aliphatic hydroxyl groups is 1. The molecule has 47 heavy (non-hydrogen) atoms. The van der Waals surface area contributed by atoms with E-state index in [4.69, 9.17) is 31.3 Å². The molecule has 0 aliphatic heterocycles. The zero-order chi connectivity index (χ0) is 36.4. The lowest BCUT2D eigenvalue weighted by Gasteiger charge is -2.23. The van der Waals surface area contributed by atoms with E-state index in [0.29, 0.717) is 0 Å². The lowest BCUT2D eigenvalue weighted by Crippen LogP contribution is -2.58. The molecule has 0 spiro atoms. The van der Waals surface area contributed by atoms with Crippen LogP contribution < -0.4 is 37.6 Å². The second-order valence-electron chi connectivity index (χ2n) is 9.32. The fourth-order valence-corrected chi connectivity index (χ4v) is 3.24. The molecule has 0 aliphatic rings. The highest BCUT2D eigenvalue weighted by molar-refractivity contribution is 5.98. The molecule has 0 aromatic carbocycles. The van der Waals surface area contributed by atoms with Gasteiger partial charge in [-0.05, 0) is 0 Å². The van der Waals surface area contributed by atoms with Crippen molar-refractivity contribution in [2.24, 2.45) is 5.73 Å². The van der Waals surface area contributed by atoms with Gasteiger partial charge in [-0.25, -0.2) is 4.79 Å². The van der Waals surface area contributed by atoms with Crippen LogP contribution in [0.3, 0.4) is 0 Å². The van der Waals surface area contributed by atoms with Crippen LogP contribution in [-0.2, 0) is 52.7 Å². The molecule has 14 N–H and O–H groups in total. The maximum atomic E-state index is 12.7. The van der Waals surface area contributed by atoms with Crippen molar-refractivity contribution in [2.75, 3.05) is 19.7 Å². The van der Waals surface area contributed by atoms with Crippen molar-refractivity contribution in [3.8, 4) is 0 Å². The van der Waals surface area contributed by atoms with Crippen LogP contribution >= 0.6 is 0 Å². The number of hydrogen-bond donors (Lipinski definition) is 13. The summed E-state index contributed by atoms with van der Waals surface area (Å²) in [6.45, 7) is -2.82. The molecule has 5 atom stereocenters. The molecule has 0 bridgehead atoms. The van der Waals surface area contributed by atoms with E-state index in [1.807, 2.05) is 26.6 Å². The Kier molecular flexibility index (Phi) is 17.6. The van der Waals surface area contributed by atoms with E-state index in [1.54, 1.807) is 5.32 Å². The second-order valence-corrected chi connectivity index (χ2v) is 9.32. The fourth-order valence-electron chi connectivity index (χ4n) is 3.24. The Morgan fingerprint density at radius 2 is 0.830 bits per heavy atom. The maximum Gasteiger partial charge on any atom is 0.326 e. The molecule has 262 valence electrons. The summed E-state index contributed by atoms with van der Waals surface area (Å²) in [5, 5.41) is 65.5. The van der Waals surface area contributed by atoms with Crippen molar-refractivity contribution >= 4 is 65.3 Å². The van der Waals surface area contributed by atoms with Crippen molar-refractivity contribution in [3.63, 3.8) is 0 Å². The van der Waals surface area contributed by atoms with E-state index in [9.17, 15) is 57.8 Å². The zero-order valence-corrected chi connectivity index (χ0v) is 24.1. The Labute approximate surface area is 262 Å². The standard InChI is InChI=1S/C23H33N7O17/c24-8(1-15(34)35)19(42)25-5-14(33)28-12(7-31)20(43)26-6-13(32)27-9(2-16(36)37)21(44)29-10(3-17(38)39)22(45)30-11(23(46)47)4-18(40)41/h8-12,31H,1-7,24H2,(H,25,42)(H,26,43)(H,27,32)(H,28,33)(H,29,44)(H,30,45)(H,34,35)(H,36,37)(H,38,39)(H,40,41)(H,46,47)/t8-,9-,10-,11-,12-/m0/s1. The average Bonchev–Trinajstić information content (AvgIpc) is 2.94. The summed E-state index contributed by atoms with van der Waals surface area (Å²) in [4.78, 5) is 129. The molecule has 0 fully saturated rings. The quantitative estimate of drug-likeness (QED) is 0.0505. The molecule has 0 rings (SSSR count). The molecule has 0 unspecified atom stereocenters. The summed E-state index contributed by atoms with van der Waals surface area (Å²) in [5.74, 6) is -15.6. The van der Waals surface area contributed by atoms with Crippen molar-refractivity contribution < 1.29 is 83.4 Å². The van der Waals surface area contributed by atoms with Gasteiger partial charge in [0.05, 0.1) is 51.4 Å². The van der Waals surface area contributed by atoms with Gasteiger partial charge >= 0.3 is 29.8 Å². The summed E-state index contributed by atoms with van der Waals surface area (Å²) < 4.78 is 0. The molecular formula is C23H33N7O17. The monoisotopic (exact) mass is 679 g/mol. The van der Waals surface area contributed by atoms with Crippen LogP contribution in [0.2, 0.25) is 0 Å². The summed E-state index contributed by atoms with van der Waals surface area (Å²) in [6, 6.07) is -9.32. The lowest BCUT2D eigenvalue weighted by atomic mass is 10.1. The lowest BCUT2D eigenvalue weighted by molar-refractivity contribution is -0.148. The molecular weight excluding hydrogens is 646 g/mol. The van der Waals surface area contributed by atoms with Gasteiger partial charge in [-0.2, -0.15) is 0 Å². The van der Waals surface area contributed by atoms with Gasteiger partial charge in [0.15, 0.2) is 0 Å². The summed E-state index contributed by atoms with van der Waals surface area (Å²) in [7, 11) is 0. The van der Waals surface area contributed by atoms with Crippen LogP contribution in [0, 0.1) is 0 Å². The average molecular weight is 680 g/mol. The number of amides is 6. The first-order valence-electron chi connectivity index (χ1n) is 13.0. The van der Waals surface area contributed by atoms with Crippen molar-refractivity contribution in [2.45, 2.75) is 55.9 Å². The van der Waals surface area contributed by atoms with Crippen LogP contribution in [0.15, 0.2) is 0 Å². The Morgan fingerprint density at radius 3 is 1.23 bits per heavy atom. The van der Waals surface area contributed by atoms with Crippen LogP contribution in [0.4, 0.5) is 0 Å². The first-order valence-corrected chi connectivity index (χ1v) is 13.0. The van der Waals surface area contributed by atoms with Gasteiger partial charge in [0.2, 0.25) is 35.4 Å². The SMILES string of the molecule is N[C@@H](CC(=O)O)C(=O)NCC(=O)N[C@@H](CO)C(=O)NCC(=O)N[C@@H](CC(=O)O)C(=O)N[C@@H](CC(=O)O)C(=O)N[C@@H](CC(=O)O)C(=O)O. The van der Waals surface area contributed by atoms with Crippen LogP contribution in [0.25, 0.3) is 0 Å². The van der Waals surface area contributed by atoms with Crippen molar-refractivity contribution in [3.05, 3.63) is 0 Å². The summed E-state index contributed by atoms with van der Waals surface area (Å²) >= 11 is 0. The molecule has 0 saturated heterocycles. The minimum Gasteiger partial charge on any atom is -0.481 e. The van der Waals surface area contributed by atoms with Crippen LogP contribution in [0.5, 0.6) is 0 Å². The molecule has 0 radical (unpaired) electrons. The molecule has 0 aliphatic carbocycles. The predicted molar refractivity (Wildman–Crippen MR) is 145 cm³/mol. The molecule has 24 heteroatoms. The molecule has 0 aromatic rings. The number of carbonyl (C=O) groups excluding carboxylic acids is 6. The minimum atomic E-state index is -2.07. The number of hydrogen-bond acceptors (Lipinski definition) is 13. The Bertz CT molecular complexity index is 1260. The molecule has 0 aromatic heterocycles. The fraction of sp³-hybridized carbons (Fsp3) is 0.522. The van der Waals surface area contributed by atoms with E-state index >= 15 is 0 Å². The summed E-state index contributed by atoms with van der Waals surface area (Å²) in [6.07, 6.45) is -4.21. The van der Waals surface area contributed by atoms with E-state index in [0.717, 1.165) is 0 Å². The van der Waals surface area contributed by atoms with E-state index in [2.05, 4.69) is 0 Å². The highest BCUT2D eigenvalue weighted by atomic mass is 16.4. The first-order chi connectivity index (χ1) is 21.8. The normalized spacial score (nSPS) is 13.6. The molecule has 0 heterocycles. The molecule has 0 saturated carbocycles. The number of rotatable bonds is 22. The Balaban J connectivity index is 5.36. The van der Waals surface area contributed by atoms with E-state index in [-0.39, 0.29) is 0 Å². The van der Waals surface area contributed by atoms with Crippen molar-refractivity contribution in [1.82, 2.24) is 31.9 Å². The third-order valence-corrected chi connectivity index (χ3v) is 5.45. The van der Waals surface area contributed by atoms with Gasteiger partial charge < -0.3 is 68.3 Å². The number of aliphatic carboxylic acids is 5. The van der Waals surface area contributed by atoms with Crippen LogP contribution in [-0.4, -0.2) is 146 Å². The summed E-state index contributed by atoms with van der Waals surface area (Å²) in [5.41, 5.74) is 5.32. The number of aliphatic hydroxyl groups excluding tert-OH is 1. The topological polar surface area (TPSA) is 407 Å². The van der Waals surface area contributed by atoms with Gasteiger partial charge in [0.1, 0.15) is 24.2 Å². The number of nitrogens with two attached hydrogens (primary N) is 1. The molecule has 6 amide bonds. The van der Waals surface area contributed by atoms with Gasteiger partial charge in [0.25, 0.3) is 0 Å². The number of carboxylic acid groups (broad SMARTS) is 5. The van der Waals surface area contributed by atoms with Gasteiger partial charge in [0, 0.05) is 0 Å². The van der Waals surface area contributed by atoms with Gasteiger partial charge in [-0.1, -0.05) is 0 Å². The molecule has 24 nitrogen and oxygen atoms in total. The van der Waals surface area contributed by atoms with E-state index < -0.39 is 141 Å². The Hall–Kier alpha value is -5.91. The number of carboxylic acids is 5. The maximum absolute atomic E-state index is 12.7. The zero-order valence-electron chi connectivity index (χ0n) is 24.1. The number of nitrogens with one attached hydrogen (secondary N) is 6. The predicted octanol–water partition coefficient (Wildman–Crippen LogP) is -7.54. The smallest absolute Gasteiger partial charge is 0.326 e.